The predicted molar refractivity (Wildman–Crippen MR) is 106 cm³/mol. The number of aryl methyl sites for hydroxylation is 2. The summed E-state index contributed by atoms with van der Waals surface area (Å²) in [6.07, 6.45) is -0.965. The summed E-state index contributed by atoms with van der Waals surface area (Å²) in [5.41, 5.74) is 2.52. The maximum atomic E-state index is 13.3. The van der Waals surface area contributed by atoms with Crippen molar-refractivity contribution in [2.45, 2.75) is 26.9 Å². The van der Waals surface area contributed by atoms with E-state index < -0.39 is 12.1 Å². The van der Waals surface area contributed by atoms with E-state index in [1.165, 1.54) is 14.0 Å². The molecule has 0 N–H and O–H groups in total. The lowest BCUT2D eigenvalue weighted by molar-refractivity contribution is -0.147. The molecule has 0 fully saturated rings. The minimum absolute atomic E-state index is 0.0254. The van der Waals surface area contributed by atoms with Crippen LogP contribution >= 0.6 is 0 Å². The fourth-order valence-electron chi connectivity index (χ4n) is 3.10. The molecule has 6 heteroatoms. The molecule has 3 rings (SSSR count). The van der Waals surface area contributed by atoms with E-state index in [4.69, 9.17) is 18.6 Å². The highest BCUT2D eigenvalue weighted by molar-refractivity contribution is 5.85. The van der Waals surface area contributed by atoms with Gasteiger partial charge in [0.1, 0.15) is 11.3 Å². The quantitative estimate of drug-likeness (QED) is 0.620. The lowest BCUT2D eigenvalue weighted by atomic mass is 10.0. The Morgan fingerprint density at radius 2 is 1.75 bits per heavy atom. The monoisotopic (exact) mass is 382 g/mol. The van der Waals surface area contributed by atoms with Gasteiger partial charge in [-0.2, -0.15) is 0 Å². The zero-order valence-corrected chi connectivity index (χ0v) is 16.5. The average molecular weight is 382 g/mol. The lowest BCUT2D eigenvalue weighted by Gasteiger charge is -2.16. The van der Waals surface area contributed by atoms with Gasteiger partial charge in [-0.25, -0.2) is 4.79 Å². The molecule has 28 heavy (non-hydrogen) atoms. The molecule has 1 aromatic heterocycles. The zero-order chi connectivity index (χ0) is 20.4. The highest BCUT2D eigenvalue weighted by atomic mass is 16.6. The minimum Gasteiger partial charge on any atom is -0.497 e. The molecule has 0 amide bonds. The number of methoxy groups -OCH3 is 2. The van der Waals surface area contributed by atoms with Crippen LogP contribution in [-0.4, -0.2) is 26.3 Å². The summed E-state index contributed by atoms with van der Waals surface area (Å²) in [5, 5.41) is 0.426. The topological polar surface area (TPSA) is 75.0 Å². The largest absolute Gasteiger partial charge is 0.497 e. The maximum Gasteiger partial charge on any atom is 0.346 e. The summed E-state index contributed by atoms with van der Waals surface area (Å²) in [6, 6.07) is 10.8. The first kappa shape index (κ1) is 19.5. The molecule has 3 aromatic rings. The first-order valence-electron chi connectivity index (χ1n) is 8.82. The van der Waals surface area contributed by atoms with Gasteiger partial charge in [0.2, 0.25) is 11.2 Å². The number of carbonyl (C=O) groups excluding carboxylic acids is 1. The second-order valence-corrected chi connectivity index (χ2v) is 6.56. The van der Waals surface area contributed by atoms with Crippen LogP contribution in [-0.2, 0) is 9.53 Å². The maximum absolute atomic E-state index is 13.3. The van der Waals surface area contributed by atoms with Gasteiger partial charge in [0.15, 0.2) is 11.9 Å². The third-order valence-electron chi connectivity index (χ3n) is 4.48. The van der Waals surface area contributed by atoms with Crippen molar-refractivity contribution in [3.05, 3.63) is 57.7 Å². The van der Waals surface area contributed by atoms with Gasteiger partial charge >= 0.3 is 5.97 Å². The van der Waals surface area contributed by atoms with E-state index in [2.05, 4.69) is 0 Å². The normalized spacial score (nSPS) is 11.9. The van der Waals surface area contributed by atoms with Crippen LogP contribution in [0.25, 0.3) is 22.3 Å². The molecule has 6 nitrogen and oxygen atoms in total. The Morgan fingerprint density at radius 3 is 2.36 bits per heavy atom. The van der Waals surface area contributed by atoms with E-state index in [1.54, 1.807) is 31.4 Å². The number of fused-ring (bicyclic) bond motifs is 1. The third kappa shape index (κ3) is 3.58. The van der Waals surface area contributed by atoms with Gasteiger partial charge in [-0.05, 0) is 62.2 Å². The SMILES string of the molecule is COC(=O)[C@@H](C)Oc1c(-c2ccc(OC)cc2)oc2cc(C)cc(C)c2c1=O. The Morgan fingerprint density at radius 1 is 1.07 bits per heavy atom. The van der Waals surface area contributed by atoms with Crippen molar-refractivity contribution in [2.75, 3.05) is 14.2 Å². The molecular formula is C22H22O6. The number of esters is 1. The van der Waals surface area contributed by atoms with E-state index in [0.717, 1.165) is 11.1 Å². The predicted octanol–water partition coefficient (Wildman–Crippen LogP) is 4.03. The Kier molecular flexibility index (Phi) is 5.40. The van der Waals surface area contributed by atoms with E-state index in [1.807, 2.05) is 26.0 Å². The summed E-state index contributed by atoms with van der Waals surface area (Å²) in [7, 11) is 2.84. The second kappa shape index (κ2) is 7.76. The molecule has 0 aliphatic heterocycles. The fraction of sp³-hybridized carbons (Fsp3) is 0.273. The molecule has 2 aromatic carbocycles. The van der Waals surface area contributed by atoms with Crippen LogP contribution in [0.2, 0.25) is 0 Å². The van der Waals surface area contributed by atoms with Gasteiger partial charge in [0, 0.05) is 5.56 Å². The molecule has 146 valence electrons. The van der Waals surface area contributed by atoms with Gasteiger partial charge in [0.05, 0.1) is 19.6 Å². The summed E-state index contributed by atoms with van der Waals surface area (Å²) in [6.45, 7) is 5.30. The minimum atomic E-state index is -0.965. The van der Waals surface area contributed by atoms with Gasteiger partial charge in [-0.1, -0.05) is 6.07 Å². The summed E-state index contributed by atoms with van der Waals surface area (Å²) < 4.78 is 21.7. The summed E-state index contributed by atoms with van der Waals surface area (Å²) in [4.78, 5) is 25.1. The molecule has 0 bridgehead atoms. The first-order valence-corrected chi connectivity index (χ1v) is 8.82. The average Bonchev–Trinajstić information content (AvgIpc) is 2.68. The van der Waals surface area contributed by atoms with Crippen molar-refractivity contribution in [2.24, 2.45) is 0 Å². The van der Waals surface area contributed by atoms with Gasteiger partial charge in [-0.15, -0.1) is 0 Å². The van der Waals surface area contributed by atoms with Gasteiger partial charge in [0.25, 0.3) is 0 Å². The van der Waals surface area contributed by atoms with Crippen molar-refractivity contribution in [1.29, 1.82) is 0 Å². The summed E-state index contributed by atoms with van der Waals surface area (Å²) in [5.74, 6) is 0.313. The Bertz CT molecular complexity index is 1080. The molecule has 1 heterocycles. The number of hydrogen-bond acceptors (Lipinski definition) is 6. The third-order valence-corrected chi connectivity index (χ3v) is 4.48. The molecule has 0 saturated carbocycles. The smallest absolute Gasteiger partial charge is 0.346 e. The fourth-order valence-corrected chi connectivity index (χ4v) is 3.10. The number of carbonyl (C=O) groups is 1. The zero-order valence-electron chi connectivity index (χ0n) is 16.5. The van der Waals surface area contributed by atoms with E-state index in [-0.39, 0.29) is 16.9 Å². The van der Waals surface area contributed by atoms with Crippen molar-refractivity contribution in [3.63, 3.8) is 0 Å². The van der Waals surface area contributed by atoms with E-state index >= 15 is 0 Å². The number of rotatable bonds is 5. The number of ether oxygens (including phenoxy) is 3. The van der Waals surface area contributed by atoms with Crippen molar-refractivity contribution < 1.29 is 23.4 Å². The lowest BCUT2D eigenvalue weighted by Crippen LogP contribution is -2.27. The molecular weight excluding hydrogens is 360 g/mol. The molecule has 0 saturated heterocycles. The van der Waals surface area contributed by atoms with E-state index in [9.17, 15) is 9.59 Å². The van der Waals surface area contributed by atoms with Gasteiger partial charge < -0.3 is 18.6 Å². The van der Waals surface area contributed by atoms with Crippen LogP contribution < -0.4 is 14.9 Å². The number of benzene rings is 2. The molecule has 0 radical (unpaired) electrons. The van der Waals surface area contributed by atoms with Gasteiger partial charge in [-0.3, -0.25) is 4.79 Å². The van der Waals surface area contributed by atoms with Crippen LogP contribution in [0, 0.1) is 13.8 Å². The second-order valence-electron chi connectivity index (χ2n) is 6.56. The summed E-state index contributed by atoms with van der Waals surface area (Å²) >= 11 is 0. The first-order chi connectivity index (χ1) is 13.3. The Labute approximate surface area is 162 Å². The molecule has 0 unspecified atom stereocenters. The molecule has 1 atom stereocenters. The van der Waals surface area contributed by atoms with Crippen molar-refractivity contribution >= 4 is 16.9 Å². The molecule has 0 aliphatic carbocycles. The highest BCUT2D eigenvalue weighted by Crippen LogP contribution is 2.33. The van der Waals surface area contributed by atoms with Crippen molar-refractivity contribution in [3.8, 4) is 22.8 Å². The van der Waals surface area contributed by atoms with Crippen LogP contribution in [0.5, 0.6) is 11.5 Å². The Balaban J connectivity index is 2.27. The van der Waals surface area contributed by atoms with E-state index in [0.29, 0.717) is 22.3 Å². The van der Waals surface area contributed by atoms with Crippen molar-refractivity contribution in [1.82, 2.24) is 0 Å². The Hall–Kier alpha value is -3.28. The van der Waals surface area contributed by atoms with Crippen LogP contribution in [0.1, 0.15) is 18.1 Å². The van der Waals surface area contributed by atoms with Crippen LogP contribution in [0.3, 0.4) is 0 Å². The van der Waals surface area contributed by atoms with Crippen LogP contribution in [0.4, 0.5) is 0 Å². The standard InChI is InChI=1S/C22H22O6/c1-12-10-13(2)18-17(11-12)28-20(15-6-8-16(25-4)9-7-15)21(19(18)23)27-14(3)22(24)26-5/h6-11,14H,1-5H3/t14-/m1/s1. The number of hydrogen-bond donors (Lipinski definition) is 0. The van der Waals surface area contributed by atoms with Crippen LogP contribution in [0.15, 0.2) is 45.6 Å². The molecule has 0 aliphatic rings. The molecule has 0 spiro atoms. The highest BCUT2D eigenvalue weighted by Gasteiger charge is 2.24.